The van der Waals surface area contributed by atoms with Gasteiger partial charge in [-0.1, -0.05) is 0 Å². The average molecular weight is 382 g/mol. The van der Waals surface area contributed by atoms with E-state index in [4.69, 9.17) is 14.2 Å². The standard InChI is InChI=1S/C21H22N2O5/c1-26-17-4-3-15-16(24)13-21(28-18(15)19(17)27-2)7-11-23(12-8-21)20(25)14-5-9-22-10-6-14/h3-6,9-10H,7-8,11-13H2,1-2H3. The first kappa shape index (κ1) is 18.3. The lowest BCUT2D eigenvalue weighted by Crippen LogP contribution is -2.52. The number of carbonyl (C=O) groups is 2. The Morgan fingerprint density at radius 1 is 1.11 bits per heavy atom. The van der Waals surface area contributed by atoms with E-state index in [1.807, 2.05) is 0 Å². The molecule has 1 amide bonds. The molecule has 0 N–H and O–H groups in total. The van der Waals surface area contributed by atoms with E-state index in [0.29, 0.717) is 60.7 Å². The van der Waals surface area contributed by atoms with Gasteiger partial charge in [0.15, 0.2) is 17.3 Å². The quantitative estimate of drug-likeness (QED) is 0.812. The maximum Gasteiger partial charge on any atom is 0.253 e. The number of hydrogen-bond donors (Lipinski definition) is 0. The maximum atomic E-state index is 12.8. The number of methoxy groups -OCH3 is 2. The van der Waals surface area contributed by atoms with Crippen molar-refractivity contribution < 1.29 is 23.8 Å². The fourth-order valence-electron chi connectivity index (χ4n) is 3.93. The molecule has 2 aliphatic rings. The Morgan fingerprint density at radius 3 is 2.46 bits per heavy atom. The van der Waals surface area contributed by atoms with Gasteiger partial charge in [0.05, 0.1) is 26.2 Å². The summed E-state index contributed by atoms with van der Waals surface area (Å²) in [5.74, 6) is 1.39. The summed E-state index contributed by atoms with van der Waals surface area (Å²) in [6, 6.07) is 6.85. The Hall–Kier alpha value is -3.09. The lowest BCUT2D eigenvalue weighted by Gasteiger charge is -2.44. The van der Waals surface area contributed by atoms with E-state index < -0.39 is 5.60 Å². The van der Waals surface area contributed by atoms with Crippen molar-refractivity contribution in [3.05, 3.63) is 47.8 Å². The number of piperidine rings is 1. The summed E-state index contributed by atoms with van der Waals surface area (Å²) >= 11 is 0. The van der Waals surface area contributed by atoms with E-state index in [1.165, 1.54) is 7.11 Å². The van der Waals surface area contributed by atoms with Gasteiger partial charge in [0.2, 0.25) is 5.75 Å². The molecule has 4 rings (SSSR count). The first-order chi connectivity index (χ1) is 13.6. The number of likely N-dealkylation sites (tertiary alicyclic amines) is 1. The van der Waals surface area contributed by atoms with Crippen LogP contribution in [0.4, 0.5) is 0 Å². The molecule has 0 unspecified atom stereocenters. The van der Waals surface area contributed by atoms with Crippen LogP contribution in [0.15, 0.2) is 36.7 Å². The van der Waals surface area contributed by atoms with Crippen LogP contribution in [-0.4, -0.2) is 54.5 Å². The zero-order valence-corrected chi connectivity index (χ0v) is 15.9. The van der Waals surface area contributed by atoms with Crippen LogP contribution < -0.4 is 14.2 Å². The predicted molar refractivity (Wildman–Crippen MR) is 101 cm³/mol. The van der Waals surface area contributed by atoms with Crippen molar-refractivity contribution in [1.82, 2.24) is 9.88 Å². The molecule has 1 spiro atoms. The Morgan fingerprint density at radius 2 is 1.82 bits per heavy atom. The molecule has 0 radical (unpaired) electrons. The summed E-state index contributed by atoms with van der Waals surface area (Å²) in [6.45, 7) is 1.05. The van der Waals surface area contributed by atoms with E-state index in [9.17, 15) is 9.59 Å². The minimum Gasteiger partial charge on any atom is -0.493 e. The molecule has 7 nitrogen and oxygen atoms in total. The molecule has 2 aromatic rings. The summed E-state index contributed by atoms with van der Waals surface area (Å²) in [4.78, 5) is 31.2. The number of nitrogens with zero attached hydrogens (tertiary/aromatic N) is 2. The zero-order chi connectivity index (χ0) is 19.7. The molecule has 1 aromatic heterocycles. The number of aromatic nitrogens is 1. The highest BCUT2D eigenvalue weighted by Gasteiger charge is 2.45. The normalized spacial score (nSPS) is 17.6. The van der Waals surface area contributed by atoms with E-state index >= 15 is 0 Å². The van der Waals surface area contributed by atoms with Crippen LogP contribution in [0.2, 0.25) is 0 Å². The summed E-state index contributed by atoms with van der Waals surface area (Å²) in [7, 11) is 3.08. The Balaban J connectivity index is 1.55. The molecule has 7 heteroatoms. The molecule has 146 valence electrons. The number of benzene rings is 1. The van der Waals surface area contributed by atoms with Gasteiger partial charge in [-0.2, -0.15) is 0 Å². The summed E-state index contributed by atoms with van der Waals surface area (Å²) < 4.78 is 17.2. The third kappa shape index (κ3) is 3.06. The maximum absolute atomic E-state index is 12.8. The second kappa shape index (κ2) is 7.14. The summed E-state index contributed by atoms with van der Waals surface area (Å²) in [5.41, 5.74) is 0.501. The molecule has 3 heterocycles. The predicted octanol–water partition coefficient (Wildman–Crippen LogP) is 2.74. The van der Waals surface area contributed by atoms with Crippen molar-refractivity contribution in [2.75, 3.05) is 27.3 Å². The van der Waals surface area contributed by atoms with Crippen molar-refractivity contribution in [3.8, 4) is 17.2 Å². The van der Waals surface area contributed by atoms with E-state index in [1.54, 1.807) is 48.7 Å². The van der Waals surface area contributed by atoms with Crippen LogP contribution >= 0.6 is 0 Å². The van der Waals surface area contributed by atoms with Gasteiger partial charge in [-0.3, -0.25) is 14.6 Å². The topological polar surface area (TPSA) is 78.0 Å². The van der Waals surface area contributed by atoms with Gasteiger partial charge in [0, 0.05) is 43.9 Å². The minimum absolute atomic E-state index is 0.0242. The number of rotatable bonds is 3. The van der Waals surface area contributed by atoms with Crippen LogP contribution in [0.5, 0.6) is 17.2 Å². The second-order valence-corrected chi connectivity index (χ2v) is 7.09. The highest BCUT2D eigenvalue weighted by atomic mass is 16.5. The Kier molecular flexibility index (Phi) is 4.66. The van der Waals surface area contributed by atoms with Crippen LogP contribution in [0, 0.1) is 0 Å². The molecule has 1 fully saturated rings. The molecule has 1 saturated heterocycles. The highest BCUT2D eigenvalue weighted by molar-refractivity contribution is 6.01. The van der Waals surface area contributed by atoms with E-state index in [2.05, 4.69) is 4.98 Å². The largest absolute Gasteiger partial charge is 0.493 e. The fourth-order valence-corrected chi connectivity index (χ4v) is 3.93. The Labute approximate surface area is 163 Å². The number of ether oxygens (including phenoxy) is 3. The van der Waals surface area contributed by atoms with Gasteiger partial charge >= 0.3 is 0 Å². The first-order valence-corrected chi connectivity index (χ1v) is 9.23. The summed E-state index contributed by atoms with van der Waals surface area (Å²) in [5, 5.41) is 0. The lowest BCUT2D eigenvalue weighted by molar-refractivity contribution is -0.00746. The van der Waals surface area contributed by atoms with E-state index in [-0.39, 0.29) is 11.7 Å². The van der Waals surface area contributed by atoms with Crippen LogP contribution in [0.3, 0.4) is 0 Å². The van der Waals surface area contributed by atoms with Crippen molar-refractivity contribution in [2.24, 2.45) is 0 Å². The van der Waals surface area contributed by atoms with Gasteiger partial charge in [-0.25, -0.2) is 0 Å². The van der Waals surface area contributed by atoms with Gasteiger partial charge in [-0.15, -0.1) is 0 Å². The van der Waals surface area contributed by atoms with Gasteiger partial charge < -0.3 is 19.1 Å². The van der Waals surface area contributed by atoms with Crippen LogP contribution in [0.25, 0.3) is 0 Å². The average Bonchev–Trinajstić information content (AvgIpc) is 2.73. The summed E-state index contributed by atoms with van der Waals surface area (Å²) in [6.07, 6.45) is 4.67. The van der Waals surface area contributed by atoms with Crippen molar-refractivity contribution in [3.63, 3.8) is 0 Å². The minimum atomic E-state index is -0.626. The van der Waals surface area contributed by atoms with Crippen LogP contribution in [-0.2, 0) is 0 Å². The molecule has 1 aromatic carbocycles. The smallest absolute Gasteiger partial charge is 0.253 e. The number of ketones is 1. The van der Waals surface area contributed by atoms with Crippen molar-refractivity contribution in [2.45, 2.75) is 24.9 Å². The number of carbonyl (C=O) groups excluding carboxylic acids is 2. The number of Topliss-reactive ketones (excluding diaryl/α,β-unsaturated/α-hetero) is 1. The fraction of sp³-hybridized carbons (Fsp3) is 0.381. The number of hydrogen-bond acceptors (Lipinski definition) is 6. The first-order valence-electron chi connectivity index (χ1n) is 9.23. The number of amides is 1. The van der Waals surface area contributed by atoms with Crippen molar-refractivity contribution in [1.29, 1.82) is 0 Å². The lowest BCUT2D eigenvalue weighted by atomic mass is 9.82. The molecule has 0 aliphatic carbocycles. The molecule has 0 atom stereocenters. The second-order valence-electron chi connectivity index (χ2n) is 7.09. The molecular weight excluding hydrogens is 360 g/mol. The van der Waals surface area contributed by atoms with Crippen molar-refractivity contribution >= 4 is 11.7 Å². The number of pyridine rings is 1. The van der Waals surface area contributed by atoms with Crippen LogP contribution in [0.1, 0.15) is 40.0 Å². The van der Waals surface area contributed by atoms with Gasteiger partial charge in [-0.05, 0) is 24.3 Å². The SMILES string of the molecule is COc1ccc2c(c1OC)OC1(CCN(C(=O)c3ccncc3)CC1)CC2=O. The third-order valence-electron chi connectivity index (χ3n) is 5.49. The highest BCUT2D eigenvalue weighted by Crippen LogP contribution is 2.47. The van der Waals surface area contributed by atoms with E-state index in [0.717, 1.165) is 0 Å². The van der Waals surface area contributed by atoms with Gasteiger partial charge in [0.1, 0.15) is 5.60 Å². The molecule has 0 bridgehead atoms. The Bertz CT molecular complexity index is 905. The zero-order valence-electron chi connectivity index (χ0n) is 15.9. The number of fused-ring (bicyclic) bond motifs is 1. The molecule has 2 aliphatic heterocycles. The molecule has 0 saturated carbocycles. The molecular formula is C21H22N2O5. The van der Waals surface area contributed by atoms with Gasteiger partial charge in [0.25, 0.3) is 5.91 Å². The third-order valence-corrected chi connectivity index (χ3v) is 5.49. The molecule has 28 heavy (non-hydrogen) atoms. The monoisotopic (exact) mass is 382 g/mol.